The zero-order valence-electron chi connectivity index (χ0n) is 11.1. The predicted molar refractivity (Wildman–Crippen MR) is 53.3 cm³/mol. The Labute approximate surface area is 99.8 Å². The summed E-state index contributed by atoms with van der Waals surface area (Å²) in [6.45, 7) is 2.82. The molecule has 0 aromatic carbocycles. The van der Waals surface area contributed by atoms with Crippen molar-refractivity contribution in [3.8, 4) is 0 Å². The molecule has 1 fully saturated rings. The molecule has 1 aliphatic heterocycles. The first-order valence-electron chi connectivity index (χ1n) is 4.20. The maximum Gasteiger partial charge on any atom is 2.00 e. The van der Waals surface area contributed by atoms with E-state index in [4.69, 9.17) is 14.6 Å². The summed E-state index contributed by atoms with van der Waals surface area (Å²) in [7, 11) is 0. The SMILES string of the molecule is CC1(C)OCC(C([O-])C([O-])CO)O1.[Be+2].[Be+2].[H-].[H-]. The molecule has 82 valence electrons. The molecule has 1 N–H and O–H groups in total. The van der Waals surface area contributed by atoms with Gasteiger partial charge in [-0.1, -0.05) is 0 Å². The van der Waals surface area contributed by atoms with E-state index < -0.39 is 30.7 Å². The monoisotopic (exact) mass is 210 g/mol. The Morgan fingerprint density at radius 2 is 2.00 bits per heavy atom. The van der Waals surface area contributed by atoms with E-state index in [-0.39, 0.29) is 29.7 Å². The summed E-state index contributed by atoms with van der Waals surface area (Å²) in [5.74, 6) is -0.789. The van der Waals surface area contributed by atoms with Crippen molar-refractivity contribution in [1.29, 1.82) is 0 Å². The van der Waals surface area contributed by atoms with Gasteiger partial charge in [-0.2, -0.15) is 0 Å². The summed E-state index contributed by atoms with van der Waals surface area (Å²) in [5, 5.41) is 30.7. The standard InChI is InChI=1S/C8H14O5.2Be.2H/c1-8(2)12-4-6(13-8)7(11)5(10)3-9;;;;/h5-7,9H,3-4H2,1-2H3;;;;/q-2;2*+2;2*-1. The fraction of sp³-hybridized carbons (Fsp3) is 1.00. The first kappa shape index (κ1) is 17.5. The molecule has 0 bridgehead atoms. The second-order valence-corrected chi connectivity index (χ2v) is 3.55. The Bertz CT molecular complexity index is 187. The average Bonchev–Trinajstić information content (AvgIpc) is 2.43. The van der Waals surface area contributed by atoms with Crippen LogP contribution in [0.2, 0.25) is 0 Å². The van der Waals surface area contributed by atoms with E-state index in [1.807, 2.05) is 0 Å². The molecule has 3 unspecified atom stereocenters. The molecule has 0 spiro atoms. The van der Waals surface area contributed by atoms with E-state index in [1.54, 1.807) is 13.8 Å². The molecular formula is C8H16Be2O5. The molecule has 0 radical (unpaired) electrons. The Morgan fingerprint density at radius 3 is 2.33 bits per heavy atom. The van der Waals surface area contributed by atoms with Gasteiger partial charge in [-0.15, -0.1) is 12.2 Å². The molecule has 1 aliphatic rings. The Kier molecular flexibility index (Phi) is 7.79. The minimum absolute atomic E-state index is 0. The van der Waals surface area contributed by atoms with Crippen LogP contribution in [-0.2, 0) is 9.47 Å². The van der Waals surface area contributed by atoms with Crippen molar-refractivity contribution < 1.29 is 27.6 Å². The van der Waals surface area contributed by atoms with Gasteiger partial charge in [-0.25, -0.2) is 0 Å². The van der Waals surface area contributed by atoms with Crippen molar-refractivity contribution in [3.63, 3.8) is 0 Å². The van der Waals surface area contributed by atoms with Crippen LogP contribution in [0.3, 0.4) is 0 Å². The molecule has 1 rings (SSSR count). The third-order valence-electron chi connectivity index (χ3n) is 1.94. The first-order chi connectivity index (χ1) is 5.96. The molecule has 1 saturated heterocycles. The summed E-state index contributed by atoms with van der Waals surface area (Å²) in [4.78, 5) is 0. The van der Waals surface area contributed by atoms with Crippen molar-refractivity contribution in [2.75, 3.05) is 13.2 Å². The van der Waals surface area contributed by atoms with E-state index in [0.717, 1.165) is 0 Å². The van der Waals surface area contributed by atoms with Crippen LogP contribution >= 0.6 is 0 Å². The van der Waals surface area contributed by atoms with E-state index >= 15 is 0 Å². The fourth-order valence-electron chi connectivity index (χ4n) is 1.22. The third kappa shape index (κ3) is 4.66. The summed E-state index contributed by atoms with van der Waals surface area (Å²) >= 11 is 0. The number of ether oxygens (including phenoxy) is 2. The number of hydrogen-bond donors (Lipinski definition) is 1. The van der Waals surface area contributed by atoms with Gasteiger partial charge < -0.3 is 27.6 Å². The molecule has 0 aliphatic carbocycles. The van der Waals surface area contributed by atoms with Crippen molar-refractivity contribution in [2.45, 2.75) is 37.9 Å². The van der Waals surface area contributed by atoms with Gasteiger partial charge in [-0.3, -0.25) is 0 Å². The molecule has 0 aromatic heterocycles. The minimum atomic E-state index is -1.54. The van der Waals surface area contributed by atoms with Crippen LogP contribution in [0, 0.1) is 0 Å². The molecule has 3 atom stereocenters. The van der Waals surface area contributed by atoms with Crippen LogP contribution in [0.1, 0.15) is 16.7 Å². The van der Waals surface area contributed by atoms with Gasteiger partial charge in [-0.05, 0) is 13.8 Å². The molecule has 7 heteroatoms. The number of rotatable bonds is 3. The van der Waals surface area contributed by atoms with Crippen molar-refractivity contribution in [1.82, 2.24) is 0 Å². The Balaban J connectivity index is -0.000000211. The topological polar surface area (TPSA) is 84.8 Å². The molecule has 1 heterocycles. The van der Waals surface area contributed by atoms with Crippen LogP contribution in [0.15, 0.2) is 0 Å². The predicted octanol–water partition coefficient (Wildman–Crippen LogP) is -2.95. The maximum atomic E-state index is 11.3. The largest absolute Gasteiger partial charge is 2.00 e. The molecular weight excluding hydrogens is 194 g/mol. The van der Waals surface area contributed by atoms with Crippen molar-refractivity contribution in [3.05, 3.63) is 0 Å². The third-order valence-corrected chi connectivity index (χ3v) is 1.94. The molecule has 0 aromatic rings. The van der Waals surface area contributed by atoms with Gasteiger partial charge >= 0.3 is 20.2 Å². The van der Waals surface area contributed by atoms with E-state index in [1.165, 1.54) is 0 Å². The molecule has 0 saturated carbocycles. The Morgan fingerprint density at radius 1 is 1.47 bits per heavy atom. The molecule has 5 nitrogen and oxygen atoms in total. The summed E-state index contributed by atoms with van der Waals surface area (Å²) in [6, 6.07) is 0. The van der Waals surface area contributed by atoms with E-state index in [2.05, 4.69) is 0 Å². The second-order valence-electron chi connectivity index (χ2n) is 3.55. The van der Waals surface area contributed by atoms with Crippen LogP contribution in [0.25, 0.3) is 0 Å². The quantitative estimate of drug-likeness (QED) is 0.503. The average molecular weight is 210 g/mol. The van der Waals surface area contributed by atoms with Gasteiger partial charge in [0.05, 0.1) is 12.7 Å². The summed E-state index contributed by atoms with van der Waals surface area (Å²) < 4.78 is 10.3. The molecule has 0 amide bonds. The zero-order valence-corrected chi connectivity index (χ0v) is 9.14. The summed E-state index contributed by atoms with van der Waals surface area (Å²) in [6.07, 6.45) is -3.75. The van der Waals surface area contributed by atoms with Crippen LogP contribution in [0.4, 0.5) is 0 Å². The van der Waals surface area contributed by atoms with Crippen LogP contribution in [-0.4, -0.2) is 62.7 Å². The molecule has 15 heavy (non-hydrogen) atoms. The van der Waals surface area contributed by atoms with Crippen LogP contribution < -0.4 is 10.2 Å². The fourth-order valence-corrected chi connectivity index (χ4v) is 1.22. The normalized spacial score (nSPS) is 27.4. The smallest absolute Gasteiger partial charge is 1.00 e. The van der Waals surface area contributed by atoms with E-state index in [9.17, 15) is 10.2 Å². The number of hydrogen-bond acceptors (Lipinski definition) is 5. The van der Waals surface area contributed by atoms with Gasteiger partial charge in [0.1, 0.15) is 0 Å². The maximum absolute atomic E-state index is 11.3. The van der Waals surface area contributed by atoms with Gasteiger partial charge in [0.25, 0.3) is 0 Å². The minimum Gasteiger partial charge on any atom is -1.00 e. The number of aliphatic hydroxyl groups is 1. The second kappa shape index (κ2) is 6.66. The van der Waals surface area contributed by atoms with E-state index in [0.29, 0.717) is 0 Å². The van der Waals surface area contributed by atoms with Gasteiger partial charge in [0.2, 0.25) is 0 Å². The Hall–Kier alpha value is 0.138. The zero-order chi connectivity index (χ0) is 10.1. The van der Waals surface area contributed by atoms with Gasteiger partial charge in [0.15, 0.2) is 5.79 Å². The van der Waals surface area contributed by atoms with Crippen LogP contribution in [0.5, 0.6) is 0 Å². The number of aliphatic hydroxyl groups excluding tert-OH is 1. The van der Waals surface area contributed by atoms with Crippen molar-refractivity contribution >= 4 is 20.2 Å². The van der Waals surface area contributed by atoms with Crippen molar-refractivity contribution in [2.24, 2.45) is 0 Å². The first-order valence-corrected chi connectivity index (χ1v) is 4.20. The summed E-state index contributed by atoms with van der Waals surface area (Å²) in [5.41, 5.74) is 0. The van der Waals surface area contributed by atoms with Gasteiger partial charge in [0, 0.05) is 6.61 Å².